The molecule has 25 heavy (non-hydrogen) atoms. The summed E-state index contributed by atoms with van der Waals surface area (Å²) in [5.41, 5.74) is 2.01. The Kier molecular flexibility index (Phi) is 4.40. The summed E-state index contributed by atoms with van der Waals surface area (Å²) in [6.07, 6.45) is 0.920. The molecule has 0 unspecified atom stereocenters. The Balaban J connectivity index is 1.58. The molecule has 1 amide bonds. The predicted molar refractivity (Wildman–Crippen MR) is 98.8 cm³/mol. The zero-order valence-electron chi connectivity index (χ0n) is 14.4. The molecular weight excluding hydrogens is 334 g/mol. The van der Waals surface area contributed by atoms with Crippen molar-refractivity contribution in [1.82, 2.24) is 4.90 Å². The van der Waals surface area contributed by atoms with Crippen LogP contribution in [0.3, 0.4) is 0 Å². The summed E-state index contributed by atoms with van der Waals surface area (Å²) < 4.78 is 5.60. The number of amides is 1. The van der Waals surface area contributed by atoms with Crippen LogP contribution in [0, 0.1) is 18.3 Å². The molecule has 1 aromatic carbocycles. The van der Waals surface area contributed by atoms with Crippen LogP contribution >= 0.6 is 11.3 Å². The number of nitrogens with zero attached hydrogens (tertiary/aromatic N) is 1. The Morgan fingerprint density at radius 1 is 1.40 bits per heavy atom. The summed E-state index contributed by atoms with van der Waals surface area (Å²) >= 11 is 1.56. The van der Waals surface area contributed by atoms with E-state index in [1.807, 2.05) is 29.2 Å². The van der Waals surface area contributed by atoms with Crippen LogP contribution in [0.4, 0.5) is 0 Å². The topological polar surface area (TPSA) is 49.8 Å². The van der Waals surface area contributed by atoms with Crippen molar-refractivity contribution < 1.29 is 14.6 Å². The highest BCUT2D eigenvalue weighted by Gasteiger charge is 2.49. The number of aliphatic hydroxyl groups excluding tert-OH is 1. The Morgan fingerprint density at radius 2 is 2.20 bits per heavy atom. The molecule has 5 heteroatoms. The minimum absolute atomic E-state index is 0.0810. The van der Waals surface area contributed by atoms with Crippen molar-refractivity contribution in [2.24, 2.45) is 11.3 Å². The fourth-order valence-electron chi connectivity index (χ4n) is 4.09. The second-order valence-electron chi connectivity index (χ2n) is 7.23. The number of hydrogen-bond acceptors (Lipinski definition) is 4. The normalized spacial score (nSPS) is 25.8. The van der Waals surface area contributed by atoms with Crippen LogP contribution in [-0.2, 0) is 4.74 Å². The van der Waals surface area contributed by atoms with Gasteiger partial charge in [-0.3, -0.25) is 4.79 Å². The number of carbonyl (C=O) groups excluding carboxylic acids is 1. The lowest BCUT2D eigenvalue weighted by molar-refractivity contribution is -0.0556. The number of ether oxygens (including phenoxy) is 1. The molecule has 2 aromatic rings. The highest BCUT2D eigenvalue weighted by Crippen LogP contribution is 2.42. The van der Waals surface area contributed by atoms with Crippen molar-refractivity contribution in [1.29, 1.82) is 0 Å². The van der Waals surface area contributed by atoms with Gasteiger partial charge in [0.15, 0.2) is 0 Å². The summed E-state index contributed by atoms with van der Waals surface area (Å²) in [4.78, 5) is 16.9. The molecule has 132 valence electrons. The van der Waals surface area contributed by atoms with Gasteiger partial charge in [-0.1, -0.05) is 30.3 Å². The van der Waals surface area contributed by atoms with Gasteiger partial charge in [-0.15, -0.1) is 11.3 Å². The number of likely N-dealkylation sites (tertiary alicyclic amines) is 1. The van der Waals surface area contributed by atoms with E-state index < -0.39 is 0 Å². The molecule has 0 spiro atoms. The third kappa shape index (κ3) is 2.90. The molecule has 2 atom stereocenters. The van der Waals surface area contributed by atoms with Gasteiger partial charge in [0.1, 0.15) is 0 Å². The number of thiophene rings is 1. The number of rotatable bonds is 3. The van der Waals surface area contributed by atoms with Gasteiger partial charge < -0.3 is 14.7 Å². The first-order valence-electron chi connectivity index (χ1n) is 8.77. The third-order valence-corrected chi connectivity index (χ3v) is 6.85. The van der Waals surface area contributed by atoms with Crippen molar-refractivity contribution in [2.75, 3.05) is 32.9 Å². The fraction of sp³-hybridized carbons (Fsp3) is 0.450. The zero-order chi connectivity index (χ0) is 17.4. The standard InChI is InChI=1S/C20H23NO3S/c1-14-9-17(25-18(14)15-5-3-2-4-6-15)19(23)21-10-16-7-8-24-13-20(16,11-21)12-22/h2-6,9,16,22H,7-8,10-13H2,1H3/t16-,20+/m0/s1. The van der Waals surface area contributed by atoms with Gasteiger partial charge >= 0.3 is 0 Å². The number of benzene rings is 1. The lowest BCUT2D eigenvalue weighted by Gasteiger charge is -2.36. The minimum Gasteiger partial charge on any atom is -0.396 e. The molecule has 2 aliphatic heterocycles. The van der Waals surface area contributed by atoms with Crippen LogP contribution < -0.4 is 0 Å². The fourth-order valence-corrected chi connectivity index (χ4v) is 5.24. The second-order valence-corrected chi connectivity index (χ2v) is 8.29. The summed E-state index contributed by atoms with van der Waals surface area (Å²) in [6, 6.07) is 12.2. The Labute approximate surface area is 152 Å². The van der Waals surface area contributed by atoms with E-state index in [-0.39, 0.29) is 17.9 Å². The molecule has 0 bridgehead atoms. The number of hydrogen-bond donors (Lipinski definition) is 1. The van der Waals surface area contributed by atoms with Gasteiger partial charge in [0.2, 0.25) is 0 Å². The van der Waals surface area contributed by atoms with Crippen LogP contribution in [0.25, 0.3) is 10.4 Å². The SMILES string of the molecule is Cc1cc(C(=O)N2C[C@@H]3CCOC[C@]3(CO)C2)sc1-c1ccccc1. The van der Waals surface area contributed by atoms with E-state index in [9.17, 15) is 9.90 Å². The molecule has 4 nitrogen and oxygen atoms in total. The van der Waals surface area contributed by atoms with Gasteiger partial charge in [-0.05, 0) is 36.5 Å². The molecule has 0 saturated carbocycles. The molecule has 1 aromatic heterocycles. The largest absolute Gasteiger partial charge is 0.396 e. The minimum atomic E-state index is -0.275. The van der Waals surface area contributed by atoms with Crippen LogP contribution in [0.15, 0.2) is 36.4 Å². The zero-order valence-corrected chi connectivity index (χ0v) is 15.2. The summed E-state index contributed by atoms with van der Waals surface area (Å²) in [5, 5.41) is 9.90. The highest BCUT2D eigenvalue weighted by molar-refractivity contribution is 7.17. The highest BCUT2D eigenvalue weighted by atomic mass is 32.1. The summed E-state index contributed by atoms with van der Waals surface area (Å²) in [6.45, 7) is 4.73. The Bertz CT molecular complexity index is 773. The molecule has 0 radical (unpaired) electrons. The Morgan fingerprint density at radius 3 is 2.92 bits per heavy atom. The van der Waals surface area contributed by atoms with E-state index in [2.05, 4.69) is 19.1 Å². The lowest BCUT2D eigenvalue weighted by Crippen LogP contribution is -2.43. The average Bonchev–Trinajstić information content (AvgIpc) is 3.23. The van der Waals surface area contributed by atoms with Gasteiger partial charge in [0, 0.05) is 30.0 Å². The van der Waals surface area contributed by atoms with E-state index in [0.29, 0.717) is 19.1 Å². The van der Waals surface area contributed by atoms with Crippen LogP contribution in [0.2, 0.25) is 0 Å². The van der Waals surface area contributed by atoms with Gasteiger partial charge in [0.05, 0.1) is 18.1 Å². The van der Waals surface area contributed by atoms with Crippen molar-refractivity contribution in [3.8, 4) is 10.4 Å². The molecule has 1 N–H and O–H groups in total. The van der Waals surface area contributed by atoms with Crippen LogP contribution in [-0.4, -0.2) is 48.8 Å². The molecule has 4 rings (SSSR count). The maximum absolute atomic E-state index is 13.1. The smallest absolute Gasteiger partial charge is 0.263 e. The maximum Gasteiger partial charge on any atom is 0.263 e. The van der Waals surface area contributed by atoms with E-state index in [4.69, 9.17) is 4.74 Å². The monoisotopic (exact) mass is 357 g/mol. The Hall–Kier alpha value is -1.69. The third-order valence-electron chi connectivity index (χ3n) is 5.58. The first kappa shape index (κ1) is 16.8. The van der Waals surface area contributed by atoms with Crippen LogP contribution in [0.5, 0.6) is 0 Å². The van der Waals surface area contributed by atoms with Crippen molar-refractivity contribution in [3.05, 3.63) is 46.8 Å². The predicted octanol–water partition coefficient (Wildman–Crippen LogP) is 3.19. The van der Waals surface area contributed by atoms with E-state index >= 15 is 0 Å². The molecule has 2 aliphatic rings. The van der Waals surface area contributed by atoms with Gasteiger partial charge in [-0.2, -0.15) is 0 Å². The van der Waals surface area contributed by atoms with Gasteiger partial charge in [0.25, 0.3) is 5.91 Å². The van der Waals surface area contributed by atoms with E-state index in [1.165, 1.54) is 0 Å². The molecule has 0 aliphatic carbocycles. The maximum atomic E-state index is 13.1. The molecule has 2 saturated heterocycles. The summed E-state index contributed by atoms with van der Waals surface area (Å²) in [5.74, 6) is 0.419. The lowest BCUT2D eigenvalue weighted by atomic mass is 9.76. The average molecular weight is 357 g/mol. The van der Waals surface area contributed by atoms with Crippen molar-refractivity contribution >= 4 is 17.2 Å². The van der Waals surface area contributed by atoms with Crippen molar-refractivity contribution in [2.45, 2.75) is 13.3 Å². The van der Waals surface area contributed by atoms with Gasteiger partial charge in [-0.25, -0.2) is 0 Å². The molecular formula is C20H23NO3S. The van der Waals surface area contributed by atoms with E-state index in [0.717, 1.165) is 40.5 Å². The number of aliphatic hydroxyl groups is 1. The first-order valence-corrected chi connectivity index (χ1v) is 9.58. The quantitative estimate of drug-likeness (QED) is 0.918. The number of fused-ring (bicyclic) bond motifs is 1. The van der Waals surface area contributed by atoms with Crippen molar-refractivity contribution in [3.63, 3.8) is 0 Å². The number of aryl methyl sites for hydroxylation is 1. The first-order chi connectivity index (χ1) is 12.1. The molecule has 3 heterocycles. The number of carbonyl (C=O) groups is 1. The summed E-state index contributed by atoms with van der Waals surface area (Å²) in [7, 11) is 0. The van der Waals surface area contributed by atoms with Crippen LogP contribution in [0.1, 0.15) is 21.7 Å². The second kappa shape index (κ2) is 6.56. The van der Waals surface area contributed by atoms with E-state index in [1.54, 1.807) is 11.3 Å². The molecule has 2 fully saturated rings.